The molecule has 0 heterocycles. The van der Waals surface area contributed by atoms with Crippen LogP contribution in [0.25, 0.3) is 0 Å². The van der Waals surface area contributed by atoms with Crippen LogP contribution in [0.2, 0.25) is 0 Å². The summed E-state index contributed by atoms with van der Waals surface area (Å²) in [4.78, 5) is -3.62. The number of hydrogen-bond acceptors (Lipinski definition) is 0. The van der Waals surface area contributed by atoms with Gasteiger partial charge in [-0.2, -0.15) is 0 Å². The molecule has 7 heteroatoms. The second-order valence-corrected chi connectivity index (χ2v) is 10.2. The maximum Gasteiger partial charge on any atom is 0.160 e. The van der Waals surface area contributed by atoms with Crippen LogP contribution in [0.5, 0.6) is 0 Å². The molecule has 6 rings (SSSR count). The van der Waals surface area contributed by atoms with E-state index in [0.29, 0.717) is 0 Å². The van der Waals surface area contributed by atoms with Crippen molar-refractivity contribution in [2.24, 2.45) is 23.7 Å². The predicted octanol–water partition coefficient (Wildman–Crippen LogP) is 4.21. The molecule has 17 heavy (non-hydrogen) atoms. The van der Waals surface area contributed by atoms with Gasteiger partial charge in [-0.1, -0.05) is 23.2 Å². The fraction of sp³-hybridized carbons (Fsp3) is 1.00. The predicted molar refractivity (Wildman–Crippen MR) is 72.4 cm³/mol. The van der Waals surface area contributed by atoms with E-state index in [1.54, 1.807) is 0 Å². The molecule has 6 aliphatic rings. The molecule has 0 nitrogen and oxygen atoms in total. The molecule has 6 aliphatic carbocycles. The van der Waals surface area contributed by atoms with Gasteiger partial charge >= 0.3 is 0 Å². The first-order valence-electron chi connectivity index (χ1n) is 5.42. The fourth-order valence-corrected chi connectivity index (χ4v) is 11.2. The normalized spacial score (nSPS) is 83.8. The smallest absolute Gasteiger partial charge is 0.122 e. The maximum atomic E-state index is 6.76. The lowest BCUT2D eigenvalue weighted by Gasteiger charge is -2.76. The van der Waals surface area contributed by atoms with E-state index in [-0.39, 0.29) is 29.0 Å². The van der Waals surface area contributed by atoms with Gasteiger partial charge in [-0.15, -0.1) is 58.0 Å². The lowest BCUT2D eigenvalue weighted by atomic mass is 9.39. The van der Waals surface area contributed by atoms with Crippen molar-refractivity contribution >= 4 is 81.2 Å². The first-order valence-corrected chi connectivity index (χ1v) is 8.13. The minimum absolute atomic E-state index is 0.0357. The summed E-state index contributed by atoms with van der Waals surface area (Å²) in [5, 5.41) is -0.119. The second-order valence-electron chi connectivity index (χ2n) is 5.97. The Labute approximate surface area is 133 Å². The second kappa shape index (κ2) is 2.36. The molecular weight excluding hydrogens is 368 g/mol. The average molecular weight is 373 g/mol. The lowest BCUT2D eigenvalue weighted by molar-refractivity contribution is -0.106. The van der Waals surface area contributed by atoms with Crippen molar-refractivity contribution in [1.82, 2.24) is 0 Å². The Bertz CT molecular complexity index is 500. The molecule has 9 atom stereocenters. The summed E-state index contributed by atoms with van der Waals surface area (Å²) >= 11 is 46.4. The Hall–Kier alpha value is 2.03. The SMILES string of the molecule is ClC1[C@@H]2C3C4[C@H]1[C@]1(Cl)C4(Cl)C3(Cl)C(Cl)(Cl)C21Cl. The highest BCUT2D eigenvalue weighted by Gasteiger charge is 3.14. The topological polar surface area (TPSA) is 0 Å². The van der Waals surface area contributed by atoms with E-state index < -0.39 is 23.8 Å². The summed E-state index contributed by atoms with van der Waals surface area (Å²) in [6.45, 7) is 0. The van der Waals surface area contributed by atoms with E-state index >= 15 is 0 Å². The van der Waals surface area contributed by atoms with Gasteiger partial charge in [-0.05, 0) is 11.8 Å². The third kappa shape index (κ3) is 0.559. The number of halogens is 7. The van der Waals surface area contributed by atoms with Crippen LogP contribution in [0, 0.1) is 23.7 Å². The number of hydrogen-bond donors (Lipinski definition) is 0. The minimum atomic E-state index is -1.32. The summed E-state index contributed by atoms with van der Waals surface area (Å²) in [6.07, 6.45) is 0. The van der Waals surface area contributed by atoms with Crippen LogP contribution in [0.4, 0.5) is 0 Å². The molecule has 6 unspecified atom stereocenters. The van der Waals surface area contributed by atoms with Crippen molar-refractivity contribution in [3.8, 4) is 0 Å². The Morgan fingerprint density at radius 1 is 0.529 bits per heavy atom. The molecule has 0 radical (unpaired) electrons. The molecule has 0 amide bonds. The zero-order chi connectivity index (χ0) is 12.4. The minimum Gasteiger partial charge on any atom is -0.122 e. The molecule has 6 saturated carbocycles. The number of alkyl halides is 7. The summed E-state index contributed by atoms with van der Waals surface area (Å²) < 4.78 is -1.32. The summed E-state index contributed by atoms with van der Waals surface area (Å²) in [5.41, 5.74) is 0. The molecule has 0 aromatic heterocycles. The van der Waals surface area contributed by atoms with Gasteiger partial charge < -0.3 is 0 Å². The Morgan fingerprint density at radius 3 is 1.41 bits per heavy atom. The van der Waals surface area contributed by atoms with Gasteiger partial charge in [0.05, 0.1) is 9.75 Å². The van der Waals surface area contributed by atoms with E-state index in [9.17, 15) is 0 Å². The van der Waals surface area contributed by atoms with Crippen molar-refractivity contribution in [2.45, 2.75) is 29.2 Å². The molecule has 94 valence electrons. The highest BCUT2D eigenvalue weighted by Crippen LogP contribution is 3.03. The van der Waals surface area contributed by atoms with Gasteiger partial charge in [-0.3, -0.25) is 0 Å². The van der Waals surface area contributed by atoms with Gasteiger partial charge in [-0.25, -0.2) is 0 Å². The van der Waals surface area contributed by atoms with Crippen molar-refractivity contribution in [3.05, 3.63) is 0 Å². The van der Waals surface area contributed by atoms with Crippen molar-refractivity contribution in [3.63, 3.8) is 0 Å². The van der Waals surface area contributed by atoms with Crippen molar-refractivity contribution < 1.29 is 0 Å². The zero-order valence-electron chi connectivity index (χ0n) is 8.03. The van der Waals surface area contributed by atoms with E-state index in [1.165, 1.54) is 0 Å². The molecule has 0 aromatic carbocycles. The highest BCUT2D eigenvalue weighted by molar-refractivity contribution is 6.66. The van der Waals surface area contributed by atoms with E-state index in [1.807, 2.05) is 0 Å². The van der Waals surface area contributed by atoms with E-state index in [2.05, 4.69) is 0 Å². The molecule has 0 aromatic rings. The van der Waals surface area contributed by atoms with Gasteiger partial charge in [0.15, 0.2) is 4.33 Å². The standard InChI is InChI=1S/C10H5Cl7/c11-5-3-1-2-4(5)9(15)7(3,13)6(1,12)8(2,14)10(9,16)17/h1-5H/t1?,2?,3-,4+,5?,6?,7+,8?,9?/m1/s1. The monoisotopic (exact) mass is 370 g/mol. The van der Waals surface area contributed by atoms with Crippen LogP contribution in [-0.4, -0.2) is 29.2 Å². The first kappa shape index (κ1) is 11.7. The summed E-state index contributed by atoms with van der Waals surface area (Å²) in [7, 11) is 0. The Kier molecular flexibility index (Phi) is 1.62. The fourth-order valence-electron chi connectivity index (χ4n) is 5.92. The number of rotatable bonds is 0. The molecule has 4 bridgehead atoms. The Morgan fingerprint density at radius 2 is 0.882 bits per heavy atom. The van der Waals surface area contributed by atoms with Crippen LogP contribution in [0.1, 0.15) is 0 Å². The third-order valence-electron chi connectivity index (χ3n) is 6.19. The molecule has 0 saturated heterocycles. The van der Waals surface area contributed by atoms with Gasteiger partial charge in [0.2, 0.25) is 0 Å². The van der Waals surface area contributed by atoms with Crippen LogP contribution in [0.3, 0.4) is 0 Å². The van der Waals surface area contributed by atoms with Gasteiger partial charge in [0.1, 0.15) is 9.75 Å². The molecule has 0 aliphatic heterocycles. The third-order valence-corrected chi connectivity index (χ3v) is 12.0. The Balaban J connectivity index is 1.95. The highest BCUT2D eigenvalue weighted by atomic mass is 35.5. The maximum absolute atomic E-state index is 6.76. The van der Waals surface area contributed by atoms with Crippen LogP contribution in [-0.2, 0) is 0 Å². The molecular formula is C10H5Cl7. The van der Waals surface area contributed by atoms with Crippen LogP contribution < -0.4 is 0 Å². The first-order chi connectivity index (χ1) is 7.65. The quantitative estimate of drug-likeness (QED) is 0.558. The summed E-state index contributed by atoms with van der Waals surface area (Å²) in [6, 6.07) is 0. The van der Waals surface area contributed by atoms with E-state index in [4.69, 9.17) is 81.2 Å². The van der Waals surface area contributed by atoms with Crippen LogP contribution in [0.15, 0.2) is 0 Å². The van der Waals surface area contributed by atoms with Gasteiger partial charge in [0.25, 0.3) is 0 Å². The van der Waals surface area contributed by atoms with Crippen molar-refractivity contribution in [1.29, 1.82) is 0 Å². The molecule has 0 N–H and O–H groups in total. The van der Waals surface area contributed by atoms with Crippen LogP contribution >= 0.6 is 81.2 Å². The van der Waals surface area contributed by atoms with E-state index in [0.717, 1.165) is 0 Å². The molecule has 6 fully saturated rings. The summed E-state index contributed by atoms with van der Waals surface area (Å²) in [5.74, 6) is 0.369. The largest absolute Gasteiger partial charge is 0.160 e. The van der Waals surface area contributed by atoms with Gasteiger partial charge in [0, 0.05) is 17.2 Å². The lowest BCUT2D eigenvalue weighted by Crippen LogP contribution is -2.88. The average Bonchev–Trinajstić information content (AvgIpc) is 2.64. The zero-order valence-corrected chi connectivity index (χ0v) is 13.3. The van der Waals surface area contributed by atoms with Crippen molar-refractivity contribution in [2.75, 3.05) is 0 Å². The molecule has 0 spiro atoms.